The molecule has 0 unspecified atom stereocenters. The maximum atomic E-state index is 12.9. The molecule has 158 valence electrons. The zero-order chi connectivity index (χ0) is 21.2. The third-order valence-electron chi connectivity index (χ3n) is 5.56. The molecule has 3 aromatic rings. The van der Waals surface area contributed by atoms with Crippen molar-refractivity contribution in [1.82, 2.24) is 15.3 Å². The van der Waals surface area contributed by atoms with Gasteiger partial charge in [0.15, 0.2) is 5.13 Å². The molecule has 2 aromatic heterocycles. The summed E-state index contributed by atoms with van der Waals surface area (Å²) in [5.74, 6) is -0.381. The van der Waals surface area contributed by atoms with Crippen LogP contribution < -0.4 is 20.4 Å². The maximum Gasteiger partial charge on any atom is 0.275 e. The van der Waals surface area contributed by atoms with E-state index in [1.54, 1.807) is 22.7 Å². The Morgan fingerprint density at radius 3 is 2.84 bits per heavy atom. The van der Waals surface area contributed by atoms with Crippen molar-refractivity contribution in [1.29, 1.82) is 0 Å². The molecule has 2 amide bonds. The van der Waals surface area contributed by atoms with Crippen LogP contribution >= 0.6 is 11.3 Å². The van der Waals surface area contributed by atoms with Gasteiger partial charge in [-0.15, -0.1) is 11.3 Å². The Balaban J connectivity index is 1.33. The quantitative estimate of drug-likeness (QED) is 0.655. The first-order chi connectivity index (χ1) is 15.2. The zero-order valence-corrected chi connectivity index (χ0v) is 17.7. The Kier molecular flexibility index (Phi) is 5.35. The van der Waals surface area contributed by atoms with Gasteiger partial charge in [0.1, 0.15) is 5.69 Å². The van der Waals surface area contributed by atoms with Gasteiger partial charge in [0, 0.05) is 49.9 Å². The van der Waals surface area contributed by atoms with Crippen molar-refractivity contribution >= 4 is 39.7 Å². The summed E-state index contributed by atoms with van der Waals surface area (Å²) >= 11 is 1.30. The SMILES string of the molecule is O=C(Nc1cnccc1N1CCNCC1)c1csc(N2CCc3ccccc3C2=O)n1. The number of fused-ring (bicyclic) bond motifs is 1. The minimum absolute atomic E-state index is 0.0728. The molecule has 0 radical (unpaired) electrons. The Bertz CT molecular complexity index is 1120. The number of carbonyl (C=O) groups excluding carboxylic acids is 2. The molecule has 8 nitrogen and oxygen atoms in total. The van der Waals surface area contributed by atoms with Gasteiger partial charge in [-0.2, -0.15) is 0 Å². The van der Waals surface area contributed by atoms with Crippen LogP contribution in [0.3, 0.4) is 0 Å². The van der Waals surface area contributed by atoms with Gasteiger partial charge in [0.2, 0.25) is 0 Å². The van der Waals surface area contributed by atoms with Crippen molar-refractivity contribution < 1.29 is 9.59 Å². The van der Waals surface area contributed by atoms with Crippen LogP contribution in [0.1, 0.15) is 26.4 Å². The molecule has 0 bridgehead atoms. The number of nitrogens with zero attached hydrogens (tertiary/aromatic N) is 4. The second kappa shape index (κ2) is 8.44. The van der Waals surface area contributed by atoms with E-state index in [0.29, 0.717) is 28.6 Å². The number of anilines is 3. The molecule has 0 saturated carbocycles. The van der Waals surface area contributed by atoms with Crippen LogP contribution in [-0.2, 0) is 6.42 Å². The molecule has 31 heavy (non-hydrogen) atoms. The van der Waals surface area contributed by atoms with Crippen LogP contribution in [-0.4, -0.2) is 54.5 Å². The first kappa shape index (κ1) is 19.7. The van der Waals surface area contributed by atoms with Crippen molar-refractivity contribution in [3.05, 3.63) is 64.9 Å². The Morgan fingerprint density at radius 1 is 1.13 bits per heavy atom. The topological polar surface area (TPSA) is 90.5 Å². The second-order valence-electron chi connectivity index (χ2n) is 7.46. The molecule has 0 spiro atoms. The Hall–Kier alpha value is -3.30. The third kappa shape index (κ3) is 3.89. The summed E-state index contributed by atoms with van der Waals surface area (Å²) in [4.78, 5) is 38.3. The first-order valence-corrected chi connectivity index (χ1v) is 11.1. The van der Waals surface area contributed by atoms with Crippen LogP contribution in [0, 0.1) is 0 Å². The second-order valence-corrected chi connectivity index (χ2v) is 8.30. The number of aromatic nitrogens is 2. The molecule has 2 aliphatic rings. The fourth-order valence-corrected chi connectivity index (χ4v) is 4.78. The van der Waals surface area contributed by atoms with Crippen LogP contribution in [0.25, 0.3) is 0 Å². The number of nitrogens with one attached hydrogen (secondary N) is 2. The smallest absolute Gasteiger partial charge is 0.275 e. The molecular weight excluding hydrogens is 412 g/mol. The Labute approximate surface area is 183 Å². The lowest BCUT2D eigenvalue weighted by atomic mass is 10.00. The fourth-order valence-electron chi connectivity index (χ4n) is 3.95. The molecule has 1 fully saturated rings. The van der Waals surface area contributed by atoms with Crippen LogP contribution in [0.4, 0.5) is 16.5 Å². The van der Waals surface area contributed by atoms with E-state index in [4.69, 9.17) is 0 Å². The fraction of sp³-hybridized carbons (Fsp3) is 0.273. The number of piperazine rings is 1. The van der Waals surface area contributed by atoms with Gasteiger partial charge in [-0.1, -0.05) is 18.2 Å². The number of benzene rings is 1. The summed E-state index contributed by atoms with van der Waals surface area (Å²) < 4.78 is 0. The summed E-state index contributed by atoms with van der Waals surface area (Å²) in [6.07, 6.45) is 4.16. The lowest BCUT2D eigenvalue weighted by molar-refractivity contribution is 0.0977. The Morgan fingerprint density at radius 2 is 1.97 bits per heavy atom. The summed E-state index contributed by atoms with van der Waals surface area (Å²) in [6, 6.07) is 9.54. The predicted molar refractivity (Wildman–Crippen MR) is 121 cm³/mol. The molecular formula is C22H22N6O2S. The van der Waals surface area contributed by atoms with Crippen molar-refractivity contribution in [3.8, 4) is 0 Å². The highest BCUT2D eigenvalue weighted by atomic mass is 32.1. The molecule has 1 saturated heterocycles. The lowest BCUT2D eigenvalue weighted by Crippen LogP contribution is -2.43. The normalized spacial score (nSPS) is 16.2. The van der Waals surface area contributed by atoms with Gasteiger partial charge in [-0.05, 0) is 24.1 Å². The van der Waals surface area contributed by atoms with Crippen LogP contribution in [0.15, 0.2) is 48.1 Å². The highest BCUT2D eigenvalue weighted by Gasteiger charge is 2.28. The van der Waals surface area contributed by atoms with Gasteiger partial charge >= 0.3 is 0 Å². The first-order valence-electron chi connectivity index (χ1n) is 10.3. The van der Waals surface area contributed by atoms with Gasteiger partial charge in [0.05, 0.1) is 17.6 Å². The van der Waals surface area contributed by atoms with E-state index in [9.17, 15) is 9.59 Å². The molecule has 2 aliphatic heterocycles. The van der Waals surface area contributed by atoms with E-state index in [1.807, 2.05) is 30.3 Å². The van der Waals surface area contributed by atoms with E-state index in [-0.39, 0.29) is 11.8 Å². The average Bonchev–Trinajstić information content (AvgIpc) is 3.31. The number of hydrogen-bond acceptors (Lipinski definition) is 7. The number of amides is 2. The van der Waals surface area contributed by atoms with Gasteiger partial charge in [-0.3, -0.25) is 19.5 Å². The van der Waals surface area contributed by atoms with E-state index >= 15 is 0 Å². The summed E-state index contributed by atoms with van der Waals surface area (Å²) in [5, 5.41) is 8.51. The van der Waals surface area contributed by atoms with E-state index in [1.165, 1.54) is 11.3 Å². The predicted octanol–water partition coefficient (Wildman–Crippen LogP) is 2.40. The van der Waals surface area contributed by atoms with Crippen molar-refractivity contribution in [2.24, 2.45) is 0 Å². The minimum Gasteiger partial charge on any atom is -0.367 e. The molecule has 9 heteroatoms. The third-order valence-corrected chi connectivity index (χ3v) is 6.42. The number of hydrogen-bond donors (Lipinski definition) is 2. The minimum atomic E-state index is -0.309. The average molecular weight is 435 g/mol. The van der Waals surface area contributed by atoms with Gasteiger partial charge in [-0.25, -0.2) is 4.98 Å². The van der Waals surface area contributed by atoms with Crippen LogP contribution in [0.2, 0.25) is 0 Å². The summed E-state index contributed by atoms with van der Waals surface area (Å²) in [6.45, 7) is 4.09. The summed E-state index contributed by atoms with van der Waals surface area (Å²) in [7, 11) is 0. The van der Waals surface area contributed by atoms with Gasteiger partial charge < -0.3 is 15.5 Å². The standard InChI is InChI=1S/C22H22N6O2S/c29-20(25-17-13-24-7-5-19(17)27-11-8-23-9-12-27)18-14-31-22(26-18)28-10-6-15-3-1-2-4-16(15)21(28)30/h1-5,7,13-14,23H,6,8-12H2,(H,25,29). The highest BCUT2D eigenvalue weighted by molar-refractivity contribution is 7.14. The van der Waals surface area contributed by atoms with E-state index in [0.717, 1.165) is 43.9 Å². The number of carbonyl (C=O) groups is 2. The van der Waals surface area contributed by atoms with Crippen molar-refractivity contribution in [2.75, 3.05) is 47.8 Å². The van der Waals surface area contributed by atoms with Gasteiger partial charge in [0.25, 0.3) is 11.8 Å². The number of thiazole rings is 1. The largest absolute Gasteiger partial charge is 0.367 e. The maximum absolute atomic E-state index is 12.9. The van der Waals surface area contributed by atoms with Crippen molar-refractivity contribution in [2.45, 2.75) is 6.42 Å². The zero-order valence-electron chi connectivity index (χ0n) is 16.9. The number of pyridine rings is 1. The molecule has 0 atom stereocenters. The van der Waals surface area contributed by atoms with Crippen molar-refractivity contribution in [3.63, 3.8) is 0 Å². The molecule has 0 aliphatic carbocycles. The summed E-state index contributed by atoms with van der Waals surface area (Å²) in [5.41, 5.74) is 3.65. The molecule has 4 heterocycles. The monoisotopic (exact) mass is 434 g/mol. The molecule has 1 aromatic carbocycles. The van der Waals surface area contributed by atoms with E-state index < -0.39 is 0 Å². The van der Waals surface area contributed by atoms with Crippen LogP contribution in [0.5, 0.6) is 0 Å². The number of rotatable bonds is 4. The molecule has 2 N–H and O–H groups in total. The highest BCUT2D eigenvalue weighted by Crippen LogP contribution is 2.29. The molecule has 5 rings (SSSR count). The van der Waals surface area contributed by atoms with E-state index in [2.05, 4.69) is 25.5 Å². The lowest BCUT2D eigenvalue weighted by Gasteiger charge is -2.30.